The molecule has 3 rings (SSSR count). The molecule has 1 aromatic rings. The highest BCUT2D eigenvalue weighted by Gasteiger charge is 2.34. The fourth-order valence-corrected chi connectivity index (χ4v) is 3.32. The molecule has 1 heterocycles. The highest BCUT2D eigenvalue weighted by atomic mass is 19.1. The maximum Gasteiger partial charge on any atom is 0.336 e. The SMILES string of the molecule is CCOC(CN1CCc2c(F)ccc(C(=O)O)c2C1)C1CC1. The van der Waals surface area contributed by atoms with Crippen LogP contribution < -0.4 is 0 Å². The Hall–Kier alpha value is -1.46. The number of benzene rings is 1. The van der Waals surface area contributed by atoms with Crippen LogP contribution in [0.3, 0.4) is 0 Å². The van der Waals surface area contributed by atoms with Crippen molar-refractivity contribution in [3.05, 3.63) is 34.6 Å². The van der Waals surface area contributed by atoms with Crippen LogP contribution in [-0.2, 0) is 17.7 Å². The first kappa shape index (κ1) is 15.4. The average Bonchev–Trinajstić information content (AvgIpc) is 3.31. The van der Waals surface area contributed by atoms with E-state index in [0.29, 0.717) is 36.6 Å². The number of aromatic carboxylic acids is 1. The highest BCUT2D eigenvalue weighted by molar-refractivity contribution is 5.89. The van der Waals surface area contributed by atoms with Gasteiger partial charge in [-0.15, -0.1) is 0 Å². The Kier molecular flexibility index (Phi) is 4.45. The zero-order valence-electron chi connectivity index (χ0n) is 12.8. The smallest absolute Gasteiger partial charge is 0.336 e. The van der Waals surface area contributed by atoms with E-state index in [1.165, 1.54) is 25.0 Å². The van der Waals surface area contributed by atoms with Crippen LogP contribution in [0.1, 0.15) is 41.3 Å². The fraction of sp³-hybridized carbons (Fsp3) is 0.588. The number of carboxylic acid groups (broad SMARTS) is 1. The van der Waals surface area contributed by atoms with E-state index in [0.717, 1.165) is 13.1 Å². The topological polar surface area (TPSA) is 49.8 Å². The first-order valence-corrected chi connectivity index (χ1v) is 7.97. The Labute approximate surface area is 129 Å². The van der Waals surface area contributed by atoms with Crippen LogP contribution in [0.4, 0.5) is 4.39 Å². The molecular formula is C17H22FNO3. The quantitative estimate of drug-likeness (QED) is 0.878. The second kappa shape index (κ2) is 6.34. The van der Waals surface area contributed by atoms with E-state index in [9.17, 15) is 14.3 Å². The molecule has 1 N–H and O–H groups in total. The standard InChI is InChI=1S/C17H22FNO3/c1-2-22-16(11-3-4-11)10-19-8-7-12-14(9-19)13(17(20)21)5-6-15(12)18/h5-6,11,16H,2-4,7-10H2,1H3,(H,20,21). The predicted octanol–water partition coefficient (Wildman–Crippen LogP) is 2.70. The van der Waals surface area contributed by atoms with Gasteiger partial charge in [0.15, 0.2) is 0 Å². The van der Waals surface area contributed by atoms with E-state index in [1.807, 2.05) is 6.92 Å². The van der Waals surface area contributed by atoms with E-state index in [-0.39, 0.29) is 17.5 Å². The van der Waals surface area contributed by atoms with Gasteiger partial charge in [-0.2, -0.15) is 0 Å². The van der Waals surface area contributed by atoms with Crippen LogP contribution in [-0.4, -0.2) is 41.8 Å². The van der Waals surface area contributed by atoms with Gasteiger partial charge in [-0.25, -0.2) is 9.18 Å². The van der Waals surface area contributed by atoms with Gasteiger partial charge in [0.2, 0.25) is 0 Å². The summed E-state index contributed by atoms with van der Waals surface area (Å²) in [6.07, 6.45) is 3.20. The molecule has 1 fully saturated rings. The summed E-state index contributed by atoms with van der Waals surface area (Å²) in [5.74, 6) is -0.641. The Balaban J connectivity index is 1.77. The number of hydrogen-bond donors (Lipinski definition) is 1. The Bertz CT molecular complexity index is 571. The summed E-state index contributed by atoms with van der Waals surface area (Å²) in [6, 6.07) is 2.64. The van der Waals surface area contributed by atoms with Crippen molar-refractivity contribution < 1.29 is 19.0 Å². The molecule has 120 valence electrons. The second-order valence-corrected chi connectivity index (χ2v) is 6.17. The molecule has 1 saturated carbocycles. The van der Waals surface area contributed by atoms with Gasteiger partial charge in [-0.05, 0) is 55.4 Å². The van der Waals surface area contributed by atoms with Crippen molar-refractivity contribution in [1.29, 1.82) is 0 Å². The zero-order chi connectivity index (χ0) is 15.7. The summed E-state index contributed by atoms with van der Waals surface area (Å²) in [4.78, 5) is 13.6. The Morgan fingerprint density at radius 3 is 2.86 bits per heavy atom. The third-order valence-electron chi connectivity index (χ3n) is 4.63. The summed E-state index contributed by atoms with van der Waals surface area (Å²) in [5.41, 5.74) is 1.42. The molecule has 2 aliphatic rings. The third-order valence-corrected chi connectivity index (χ3v) is 4.63. The molecule has 1 aliphatic carbocycles. The lowest BCUT2D eigenvalue weighted by Gasteiger charge is -2.32. The molecule has 0 bridgehead atoms. The largest absolute Gasteiger partial charge is 0.478 e. The molecule has 5 heteroatoms. The first-order chi connectivity index (χ1) is 10.6. The normalized spacial score (nSPS) is 19.7. The van der Waals surface area contributed by atoms with E-state index in [1.54, 1.807) is 0 Å². The molecule has 1 unspecified atom stereocenters. The van der Waals surface area contributed by atoms with Gasteiger partial charge in [0, 0.05) is 26.2 Å². The molecule has 0 saturated heterocycles. The van der Waals surface area contributed by atoms with E-state index in [2.05, 4.69) is 4.90 Å². The van der Waals surface area contributed by atoms with Crippen molar-refractivity contribution >= 4 is 5.97 Å². The zero-order valence-corrected chi connectivity index (χ0v) is 12.8. The summed E-state index contributed by atoms with van der Waals surface area (Å²) in [7, 11) is 0. The Morgan fingerprint density at radius 2 is 2.23 bits per heavy atom. The van der Waals surface area contributed by atoms with Gasteiger partial charge in [0.05, 0.1) is 11.7 Å². The van der Waals surface area contributed by atoms with Crippen LogP contribution in [0.2, 0.25) is 0 Å². The van der Waals surface area contributed by atoms with E-state index < -0.39 is 5.97 Å². The number of halogens is 1. The van der Waals surface area contributed by atoms with Gasteiger partial charge < -0.3 is 9.84 Å². The van der Waals surface area contributed by atoms with Crippen LogP contribution in [0.5, 0.6) is 0 Å². The molecule has 1 aromatic carbocycles. The van der Waals surface area contributed by atoms with Crippen LogP contribution >= 0.6 is 0 Å². The number of rotatable bonds is 6. The van der Waals surface area contributed by atoms with E-state index >= 15 is 0 Å². The number of ether oxygens (including phenoxy) is 1. The molecule has 0 radical (unpaired) electrons. The van der Waals surface area contributed by atoms with Crippen LogP contribution in [0.15, 0.2) is 12.1 Å². The summed E-state index contributed by atoms with van der Waals surface area (Å²) in [6.45, 7) is 4.74. The monoisotopic (exact) mass is 307 g/mol. The number of nitrogens with zero attached hydrogens (tertiary/aromatic N) is 1. The molecule has 0 aromatic heterocycles. The molecule has 22 heavy (non-hydrogen) atoms. The van der Waals surface area contributed by atoms with Gasteiger partial charge in [-0.3, -0.25) is 4.90 Å². The number of hydrogen-bond acceptors (Lipinski definition) is 3. The molecule has 1 atom stereocenters. The lowest BCUT2D eigenvalue weighted by molar-refractivity contribution is 0.0162. The summed E-state index contributed by atoms with van der Waals surface area (Å²) in [5, 5.41) is 9.32. The molecule has 0 amide bonds. The summed E-state index contributed by atoms with van der Waals surface area (Å²) >= 11 is 0. The minimum absolute atomic E-state index is 0.216. The number of carbonyl (C=O) groups is 1. The van der Waals surface area contributed by atoms with Crippen molar-refractivity contribution in [2.24, 2.45) is 5.92 Å². The second-order valence-electron chi connectivity index (χ2n) is 6.17. The number of carboxylic acids is 1. The highest BCUT2D eigenvalue weighted by Crippen LogP contribution is 2.35. The van der Waals surface area contributed by atoms with Crippen molar-refractivity contribution in [1.82, 2.24) is 4.90 Å². The van der Waals surface area contributed by atoms with Crippen molar-refractivity contribution in [2.75, 3.05) is 19.7 Å². The van der Waals surface area contributed by atoms with Crippen molar-refractivity contribution in [3.63, 3.8) is 0 Å². The lowest BCUT2D eigenvalue weighted by atomic mass is 9.94. The molecule has 4 nitrogen and oxygen atoms in total. The minimum atomic E-state index is -0.985. The number of fused-ring (bicyclic) bond motifs is 1. The average molecular weight is 307 g/mol. The minimum Gasteiger partial charge on any atom is -0.478 e. The van der Waals surface area contributed by atoms with E-state index in [4.69, 9.17) is 4.74 Å². The molecular weight excluding hydrogens is 285 g/mol. The lowest BCUT2D eigenvalue weighted by Crippen LogP contribution is -2.39. The van der Waals surface area contributed by atoms with Crippen LogP contribution in [0, 0.1) is 11.7 Å². The predicted molar refractivity (Wildman–Crippen MR) is 80.5 cm³/mol. The maximum atomic E-state index is 13.9. The van der Waals surface area contributed by atoms with Gasteiger partial charge >= 0.3 is 5.97 Å². The van der Waals surface area contributed by atoms with Crippen molar-refractivity contribution in [2.45, 2.75) is 38.8 Å². The Morgan fingerprint density at radius 1 is 1.45 bits per heavy atom. The fourth-order valence-electron chi connectivity index (χ4n) is 3.32. The van der Waals surface area contributed by atoms with Crippen molar-refractivity contribution in [3.8, 4) is 0 Å². The summed E-state index contributed by atoms with van der Waals surface area (Å²) < 4.78 is 19.8. The third kappa shape index (κ3) is 3.15. The first-order valence-electron chi connectivity index (χ1n) is 7.97. The molecule has 1 aliphatic heterocycles. The maximum absolute atomic E-state index is 13.9. The van der Waals surface area contributed by atoms with Gasteiger partial charge in [-0.1, -0.05) is 0 Å². The van der Waals surface area contributed by atoms with Crippen LogP contribution in [0.25, 0.3) is 0 Å². The molecule has 0 spiro atoms. The van der Waals surface area contributed by atoms with Gasteiger partial charge in [0.25, 0.3) is 0 Å². The van der Waals surface area contributed by atoms with Gasteiger partial charge in [0.1, 0.15) is 5.82 Å².